The van der Waals surface area contributed by atoms with E-state index in [4.69, 9.17) is 0 Å². The highest BCUT2D eigenvalue weighted by Crippen LogP contribution is 2.27. The Kier molecular flexibility index (Phi) is 7.97. The molecule has 0 saturated heterocycles. The van der Waals surface area contributed by atoms with Gasteiger partial charge >= 0.3 is 0 Å². The smallest absolute Gasteiger partial charge is 0.186 e. The summed E-state index contributed by atoms with van der Waals surface area (Å²) in [5.74, 6) is 0. The molecule has 0 aromatic heterocycles. The molecule has 1 unspecified atom stereocenters. The highest BCUT2D eigenvalue weighted by Gasteiger charge is 2.12. The van der Waals surface area contributed by atoms with Gasteiger partial charge in [-0.2, -0.15) is 0 Å². The summed E-state index contributed by atoms with van der Waals surface area (Å²) in [4.78, 5) is 11.0. The minimum Gasteiger partial charge on any atom is -0.288 e. The number of allylic oxidation sites excluding steroid dienone is 2. The average Bonchev–Trinajstić information content (AvgIpc) is 1.97. The minimum absolute atomic E-state index is 0.156. The highest BCUT2D eigenvalue weighted by atomic mass is 79.9. The molecule has 0 aliphatic heterocycles. The van der Waals surface area contributed by atoms with E-state index in [-0.39, 0.29) is 5.12 Å². The molecule has 0 bridgehead atoms. The third-order valence-corrected chi connectivity index (χ3v) is 3.31. The van der Waals surface area contributed by atoms with E-state index in [9.17, 15) is 4.79 Å². The predicted octanol–water partition coefficient (Wildman–Crippen LogP) is 4.62. The van der Waals surface area contributed by atoms with E-state index in [1.165, 1.54) is 11.8 Å². The van der Waals surface area contributed by atoms with Crippen LogP contribution in [-0.4, -0.2) is 10.4 Å². The molecule has 0 spiro atoms. The maximum Gasteiger partial charge on any atom is 0.186 e. The molecule has 4 heteroatoms. The normalized spacial score (nSPS) is 12.2. The van der Waals surface area contributed by atoms with Gasteiger partial charge in [0.05, 0.1) is 0 Å². The van der Waals surface area contributed by atoms with Crippen molar-refractivity contribution in [2.75, 3.05) is 0 Å². The monoisotopic (exact) mass is 340 g/mol. The van der Waals surface area contributed by atoms with Crippen LogP contribution in [0.3, 0.4) is 0 Å². The fourth-order valence-corrected chi connectivity index (χ4v) is 2.83. The van der Waals surface area contributed by atoms with E-state index in [0.29, 0.717) is 5.25 Å². The van der Waals surface area contributed by atoms with Crippen molar-refractivity contribution in [2.24, 2.45) is 0 Å². The summed E-state index contributed by atoms with van der Waals surface area (Å²) in [6.45, 7) is 9.16. The van der Waals surface area contributed by atoms with Crippen molar-refractivity contribution < 1.29 is 4.79 Å². The number of carbonyl (C=O) groups is 1. The Bertz CT molecular complexity index is 222. The van der Waals surface area contributed by atoms with Gasteiger partial charge in [-0.05, 0) is 28.2 Å². The first kappa shape index (κ1) is 14.5. The standard InChI is InChI=1S/C10H14Br2OS/c1-7(11)4-5-10(6-8(2)12)14-9(3)13/h10H,1-2,4-6H2,3H3. The van der Waals surface area contributed by atoms with Crippen molar-refractivity contribution >= 4 is 48.7 Å². The molecule has 0 N–H and O–H groups in total. The summed E-state index contributed by atoms with van der Waals surface area (Å²) >= 11 is 8.01. The fraction of sp³-hybridized carbons (Fsp3) is 0.500. The Morgan fingerprint density at radius 2 is 1.93 bits per heavy atom. The zero-order valence-electron chi connectivity index (χ0n) is 8.19. The van der Waals surface area contributed by atoms with E-state index in [1.54, 1.807) is 6.92 Å². The lowest BCUT2D eigenvalue weighted by Gasteiger charge is -2.13. The number of hydrogen-bond acceptors (Lipinski definition) is 2. The molecule has 80 valence electrons. The Balaban J connectivity index is 4.03. The molecule has 0 heterocycles. The Hall–Kier alpha value is 0.460. The van der Waals surface area contributed by atoms with Crippen LogP contribution in [0.5, 0.6) is 0 Å². The molecule has 0 saturated carbocycles. The third kappa shape index (κ3) is 9.03. The van der Waals surface area contributed by atoms with Crippen molar-refractivity contribution in [2.45, 2.75) is 31.4 Å². The molecule has 14 heavy (non-hydrogen) atoms. The van der Waals surface area contributed by atoms with E-state index < -0.39 is 0 Å². The molecule has 0 amide bonds. The van der Waals surface area contributed by atoms with Crippen LogP contribution in [0.15, 0.2) is 22.1 Å². The molecular formula is C10H14Br2OS. The van der Waals surface area contributed by atoms with Gasteiger partial charge < -0.3 is 0 Å². The highest BCUT2D eigenvalue weighted by molar-refractivity contribution is 9.12. The molecule has 1 nitrogen and oxygen atoms in total. The van der Waals surface area contributed by atoms with Gasteiger partial charge in [0.2, 0.25) is 0 Å². The van der Waals surface area contributed by atoms with Gasteiger partial charge in [0.15, 0.2) is 5.12 Å². The van der Waals surface area contributed by atoms with E-state index in [0.717, 1.165) is 28.2 Å². The SMILES string of the molecule is C=C(Br)CCC(CC(=C)Br)SC(C)=O. The number of thioether (sulfide) groups is 1. The molecular weight excluding hydrogens is 328 g/mol. The lowest BCUT2D eigenvalue weighted by atomic mass is 10.2. The van der Waals surface area contributed by atoms with E-state index >= 15 is 0 Å². The number of halogens is 2. The van der Waals surface area contributed by atoms with Gasteiger partial charge in [-0.1, -0.05) is 56.8 Å². The molecule has 0 aromatic carbocycles. The van der Waals surface area contributed by atoms with Crippen molar-refractivity contribution in [3.8, 4) is 0 Å². The second-order valence-corrected chi connectivity index (χ2v) is 6.73. The zero-order valence-corrected chi connectivity index (χ0v) is 12.2. The van der Waals surface area contributed by atoms with Crippen LogP contribution in [0.25, 0.3) is 0 Å². The van der Waals surface area contributed by atoms with Crippen molar-refractivity contribution in [1.29, 1.82) is 0 Å². The van der Waals surface area contributed by atoms with Crippen LogP contribution < -0.4 is 0 Å². The van der Waals surface area contributed by atoms with Gasteiger partial charge in [-0.25, -0.2) is 0 Å². The van der Waals surface area contributed by atoms with Crippen LogP contribution in [0.1, 0.15) is 26.2 Å². The van der Waals surface area contributed by atoms with Gasteiger partial charge in [-0.15, -0.1) is 0 Å². The van der Waals surface area contributed by atoms with Crippen molar-refractivity contribution in [1.82, 2.24) is 0 Å². The van der Waals surface area contributed by atoms with Crippen LogP contribution in [0, 0.1) is 0 Å². The summed E-state index contributed by atoms with van der Waals surface area (Å²) in [6.07, 6.45) is 2.66. The maximum atomic E-state index is 11.0. The van der Waals surface area contributed by atoms with Crippen LogP contribution in [-0.2, 0) is 4.79 Å². The van der Waals surface area contributed by atoms with Crippen LogP contribution >= 0.6 is 43.6 Å². The minimum atomic E-state index is 0.156. The predicted molar refractivity (Wildman–Crippen MR) is 72.0 cm³/mol. The molecule has 1 atom stereocenters. The second-order valence-electron chi connectivity index (χ2n) is 3.01. The zero-order chi connectivity index (χ0) is 11.1. The molecule has 0 aromatic rings. The first-order chi connectivity index (χ1) is 6.41. The molecule has 0 radical (unpaired) electrons. The second kappa shape index (κ2) is 7.71. The van der Waals surface area contributed by atoms with E-state index in [2.05, 4.69) is 45.0 Å². The lowest BCUT2D eigenvalue weighted by molar-refractivity contribution is -0.109. The van der Waals surface area contributed by atoms with E-state index in [1.807, 2.05) is 0 Å². The number of carbonyl (C=O) groups excluding carboxylic acids is 1. The Morgan fingerprint density at radius 1 is 1.36 bits per heavy atom. The summed E-state index contributed by atoms with van der Waals surface area (Å²) < 4.78 is 1.92. The topological polar surface area (TPSA) is 17.1 Å². The summed E-state index contributed by atoms with van der Waals surface area (Å²) in [7, 11) is 0. The van der Waals surface area contributed by atoms with Gasteiger partial charge in [-0.3, -0.25) is 4.79 Å². The van der Waals surface area contributed by atoms with Crippen LogP contribution in [0.4, 0.5) is 0 Å². The van der Waals surface area contributed by atoms with Gasteiger partial charge in [0, 0.05) is 12.2 Å². The summed E-state index contributed by atoms with van der Waals surface area (Å²) in [5, 5.41) is 0.456. The summed E-state index contributed by atoms with van der Waals surface area (Å²) in [5.41, 5.74) is 0. The first-order valence-electron chi connectivity index (χ1n) is 4.25. The molecule has 0 rings (SSSR count). The molecule has 0 fully saturated rings. The molecule has 0 aliphatic rings. The van der Waals surface area contributed by atoms with Gasteiger partial charge in [0.1, 0.15) is 0 Å². The maximum absolute atomic E-state index is 11.0. The van der Waals surface area contributed by atoms with Gasteiger partial charge in [0.25, 0.3) is 0 Å². The van der Waals surface area contributed by atoms with Crippen molar-refractivity contribution in [3.63, 3.8) is 0 Å². The number of hydrogen-bond donors (Lipinski definition) is 0. The third-order valence-electron chi connectivity index (χ3n) is 1.52. The quantitative estimate of drug-likeness (QED) is 0.701. The lowest BCUT2D eigenvalue weighted by Crippen LogP contribution is -2.05. The van der Waals surface area contributed by atoms with Crippen LogP contribution in [0.2, 0.25) is 0 Å². The van der Waals surface area contributed by atoms with Crippen molar-refractivity contribution in [3.05, 3.63) is 22.1 Å². The first-order valence-corrected chi connectivity index (χ1v) is 6.72. The average molecular weight is 342 g/mol. The summed E-state index contributed by atoms with van der Waals surface area (Å²) in [6, 6.07) is 0. The Morgan fingerprint density at radius 3 is 2.29 bits per heavy atom. The largest absolute Gasteiger partial charge is 0.288 e. The molecule has 0 aliphatic carbocycles. The number of rotatable bonds is 6. The Labute approximate surface area is 107 Å². The fourth-order valence-electron chi connectivity index (χ4n) is 1.00.